The lowest BCUT2D eigenvalue weighted by Gasteiger charge is -2.14. The molecule has 28 heavy (non-hydrogen) atoms. The second kappa shape index (κ2) is 8.29. The van der Waals surface area contributed by atoms with Crippen LogP contribution in [0.4, 0.5) is 5.82 Å². The number of hydrogen-bond acceptors (Lipinski definition) is 6. The lowest BCUT2D eigenvalue weighted by atomic mass is 10.2. The number of halogens is 1. The normalized spacial score (nSPS) is 11.5. The lowest BCUT2D eigenvalue weighted by Crippen LogP contribution is -2.23. The molecule has 0 aliphatic heterocycles. The van der Waals surface area contributed by atoms with Crippen molar-refractivity contribution in [2.75, 3.05) is 26.0 Å². The fraction of sp³-hybridized carbons (Fsp3) is 0.353. The van der Waals surface area contributed by atoms with Gasteiger partial charge in [0.15, 0.2) is 5.69 Å². The number of aryl methyl sites for hydroxylation is 1. The SMILES string of the molecule is CCOC(=O)c1nc(C)n(C)c1NC(=O)c1ccc(Cl)c(S(=O)(=O)N(C)C)c1. The number of nitrogens with zero attached hydrogens (tertiary/aromatic N) is 3. The second-order valence-electron chi connectivity index (χ2n) is 6.02. The first-order valence-corrected chi connectivity index (χ1v) is 10.1. The summed E-state index contributed by atoms with van der Waals surface area (Å²) in [5.41, 5.74) is 0.0174. The number of carbonyl (C=O) groups excluding carboxylic acids is 2. The highest BCUT2D eigenvalue weighted by Gasteiger charge is 2.25. The Morgan fingerprint density at radius 1 is 1.32 bits per heavy atom. The highest BCUT2D eigenvalue weighted by molar-refractivity contribution is 7.89. The van der Waals surface area contributed by atoms with Gasteiger partial charge in [-0.05, 0) is 32.0 Å². The Morgan fingerprint density at radius 2 is 1.96 bits per heavy atom. The Morgan fingerprint density at radius 3 is 2.54 bits per heavy atom. The lowest BCUT2D eigenvalue weighted by molar-refractivity contribution is 0.0521. The Balaban J connectivity index is 2.44. The molecule has 0 aliphatic carbocycles. The van der Waals surface area contributed by atoms with Gasteiger partial charge in [0.1, 0.15) is 16.5 Å². The molecule has 0 atom stereocenters. The number of amides is 1. The molecule has 11 heteroatoms. The van der Waals surface area contributed by atoms with Crippen molar-refractivity contribution in [2.24, 2.45) is 7.05 Å². The van der Waals surface area contributed by atoms with Crippen molar-refractivity contribution in [3.8, 4) is 0 Å². The summed E-state index contributed by atoms with van der Waals surface area (Å²) in [7, 11) is 0.517. The minimum atomic E-state index is -3.84. The van der Waals surface area contributed by atoms with E-state index in [0.29, 0.717) is 5.82 Å². The van der Waals surface area contributed by atoms with Crippen LogP contribution < -0.4 is 5.32 Å². The Labute approximate surface area is 168 Å². The van der Waals surface area contributed by atoms with E-state index in [1.54, 1.807) is 20.9 Å². The predicted molar refractivity (Wildman–Crippen MR) is 104 cm³/mol. The number of hydrogen-bond donors (Lipinski definition) is 1. The van der Waals surface area contributed by atoms with Crippen LogP contribution in [0.1, 0.15) is 33.6 Å². The highest BCUT2D eigenvalue weighted by atomic mass is 35.5. The number of benzene rings is 1. The molecule has 9 nitrogen and oxygen atoms in total. The number of carbonyl (C=O) groups is 2. The maximum absolute atomic E-state index is 12.7. The minimum Gasteiger partial charge on any atom is -0.461 e. The Kier molecular flexibility index (Phi) is 6.48. The van der Waals surface area contributed by atoms with Gasteiger partial charge >= 0.3 is 5.97 Å². The summed E-state index contributed by atoms with van der Waals surface area (Å²) in [4.78, 5) is 28.7. The molecule has 1 amide bonds. The molecule has 1 heterocycles. The number of sulfonamides is 1. The molecule has 2 rings (SSSR count). The van der Waals surface area contributed by atoms with Gasteiger partial charge in [-0.3, -0.25) is 4.79 Å². The molecule has 152 valence electrons. The summed E-state index contributed by atoms with van der Waals surface area (Å²) in [6.07, 6.45) is 0. The van der Waals surface area contributed by atoms with Gasteiger partial charge in [0, 0.05) is 26.7 Å². The first kappa shape index (κ1) is 21.9. The third kappa shape index (κ3) is 4.18. The Bertz CT molecular complexity index is 1030. The van der Waals surface area contributed by atoms with Crippen LogP contribution in [0.5, 0.6) is 0 Å². The minimum absolute atomic E-state index is 0.00570. The van der Waals surface area contributed by atoms with E-state index in [1.165, 1.54) is 36.9 Å². The number of esters is 1. The third-order valence-corrected chi connectivity index (χ3v) is 6.27. The molecule has 0 radical (unpaired) electrons. The number of nitrogens with one attached hydrogen (secondary N) is 1. The molecule has 0 saturated heterocycles. The van der Waals surface area contributed by atoms with E-state index in [9.17, 15) is 18.0 Å². The van der Waals surface area contributed by atoms with Gasteiger partial charge in [0.05, 0.1) is 11.6 Å². The first-order valence-electron chi connectivity index (χ1n) is 8.24. The van der Waals surface area contributed by atoms with Crippen LogP contribution in [0.25, 0.3) is 0 Å². The molecule has 1 N–H and O–H groups in total. The fourth-order valence-electron chi connectivity index (χ4n) is 2.31. The van der Waals surface area contributed by atoms with E-state index in [1.807, 2.05) is 0 Å². The summed E-state index contributed by atoms with van der Waals surface area (Å²) >= 11 is 6.01. The van der Waals surface area contributed by atoms with Crippen molar-refractivity contribution in [1.29, 1.82) is 0 Å². The van der Waals surface area contributed by atoms with Gasteiger partial charge in [0.2, 0.25) is 10.0 Å². The smallest absolute Gasteiger partial charge is 0.360 e. The van der Waals surface area contributed by atoms with E-state index in [-0.39, 0.29) is 33.6 Å². The van der Waals surface area contributed by atoms with Crippen molar-refractivity contribution in [3.63, 3.8) is 0 Å². The quantitative estimate of drug-likeness (QED) is 0.705. The van der Waals surface area contributed by atoms with Gasteiger partial charge in [-0.1, -0.05) is 11.6 Å². The molecular formula is C17H21ClN4O5S. The topological polar surface area (TPSA) is 111 Å². The van der Waals surface area contributed by atoms with E-state index >= 15 is 0 Å². The maximum Gasteiger partial charge on any atom is 0.360 e. The zero-order chi connectivity index (χ0) is 21.2. The standard InChI is InChI=1S/C17H21ClN4O5S/c1-6-27-17(24)14-15(22(5)10(2)19-14)20-16(23)11-7-8-12(18)13(9-11)28(25,26)21(3)4/h7-9H,6H2,1-5H3,(H,20,23). The molecule has 0 bridgehead atoms. The summed E-state index contributed by atoms with van der Waals surface area (Å²) in [6, 6.07) is 3.90. The van der Waals surface area contributed by atoms with Crippen molar-refractivity contribution in [2.45, 2.75) is 18.7 Å². The van der Waals surface area contributed by atoms with Crippen molar-refractivity contribution in [1.82, 2.24) is 13.9 Å². The largest absolute Gasteiger partial charge is 0.461 e. The van der Waals surface area contributed by atoms with Crippen LogP contribution in [-0.2, 0) is 21.8 Å². The van der Waals surface area contributed by atoms with Crippen LogP contribution in [-0.4, -0.2) is 54.9 Å². The summed E-state index contributed by atoms with van der Waals surface area (Å²) < 4.78 is 32.3. The molecule has 1 aromatic carbocycles. The monoisotopic (exact) mass is 428 g/mol. The number of anilines is 1. The molecule has 2 aromatic rings. The van der Waals surface area contributed by atoms with E-state index in [4.69, 9.17) is 16.3 Å². The highest BCUT2D eigenvalue weighted by Crippen LogP contribution is 2.26. The van der Waals surface area contributed by atoms with Gasteiger partial charge in [-0.2, -0.15) is 0 Å². The molecule has 0 spiro atoms. The molecule has 0 fully saturated rings. The fourth-order valence-corrected chi connectivity index (χ4v) is 3.71. The number of ether oxygens (including phenoxy) is 1. The first-order chi connectivity index (χ1) is 13.0. The van der Waals surface area contributed by atoms with Crippen LogP contribution >= 0.6 is 11.6 Å². The number of aromatic nitrogens is 2. The Hall–Kier alpha value is -2.43. The maximum atomic E-state index is 12.7. The van der Waals surface area contributed by atoms with Gasteiger partial charge < -0.3 is 14.6 Å². The van der Waals surface area contributed by atoms with Gasteiger partial charge in [0.25, 0.3) is 5.91 Å². The summed E-state index contributed by atoms with van der Waals surface area (Å²) in [6.45, 7) is 3.49. The van der Waals surface area contributed by atoms with E-state index in [2.05, 4.69) is 10.3 Å². The summed E-state index contributed by atoms with van der Waals surface area (Å²) in [5.74, 6) is -0.660. The molecule has 0 aliphatic rings. The van der Waals surface area contributed by atoms with Crippen molar-refractivity contribution >= 4 is 39.3 Å². The molecule has 0 saturated carbocycles. The van der Waals surface area contributed by atoms with Crippen molar-refractivity contribution in [3.05, 3.63) is 40.3 Å². The van der Waals surface area contributed by atoms with Gasteiger partial charge in [-0.15, -0.1) is 0 Å². The molecule has 0 unspecified atom stereocenters. The average molecular weight is 429 g/mol. The molecule has 1 aromatic heterocycles. The second-order valence-corrected chi connectivity index (χ2v) is 8.55. The zero-order valence-corrected chi connectivity index (χ0v) is 17.7. The van der Waals surface area contributed by atoms with E-state index < -0.39 is 21.9 Å². The average Bonchev–Trinajstić information content (AvgIpc) is 2.90. The number of imidazole rings is 1. The van der Waals surface area contributed by atoms with Crippen LogP contribution in [0.15, 0.2) is 23.1 Å². The van der Waals surface area contributed by atoms with Crippen LogP contribution in [0, 0.1) is 6.92 Å². The molecular weight excluding hydrogens is 408 g/mol. The zero-order valence-electron chi connectivity index (χ0n) is 16.1. The van der Waals surface area contributed by atoms with E-state index in [0.717, 1.165) is 4.31 Å². The van der Waals surface area contributed by atoms with Crippen LogP contribution in [0.3, 0.4) is 0 Å². The van der Waals surface area contributed by atoms with Crippen LogP contribution in [0.2, 0.25) is 5.02 Å². The van der Waals surface area contributed by atoms with Crippen molar-refractivity contribution < 1.29 is 22.7 Å². The van der Waals surface area contributed by atoms with Gasteiger partial charge in [-0.25, -0.2) is 22.5 Å². The third-order valence-electron chi connectivity index (χ3n) is 3.97. The predicted octanol–water partition coefficient (Wildman–Crippen LogP) is 2.06. The number of rotatable bonds is 6. The summed E-state index contributed by atoms with van der Waals surface area (Å²) in [5, 5.41) is 2.59.